The van der Waals surface area contributed by atoms with Crippen LogP contribution in [-0.4, -0.2) is 23.3 Å². The van der Waals surface area contributed by atoms with E-state index in [4.69, 9.17) is 9.47 Å². The van der Waals surface area contributed by atoms with Crippen molar-refractivity contribution in [1.82, 2.24) is 10.2 Å². The largest absolute Gasteiger partial charge is 0.493 e. The Kier molecular flexibility index (Phi) is 3.87. The van der Waals surface area contributed by atoms with Crippen LogP contribution in [0.4, 0.5) is 0 Å². The van der Waals surface area contributed by atoms with Gasteiger partial charge in [-0.15, -0.1) is 0 Å². The number of carbonyl (C=O) groups is 1. The van der Waals surface area contributed by atoms with E-state index in [1.165, 1.54) is 7.11 Å². The number of H-pyrrole nitrogens is 1. The van der Waals surface area contributed by atoms with Gasteiger partial charge in [-0.25, -0.2) is 4.79 Å². The summed E-state index contributed by atoms with van der Waals surface area (Å²) in [7, 11) is 1.52. The summed E-state index contributed by atoms with van der Waals surface area (Å²) in [5, 5.41) is 6.83. The molecule has 5 heteroatoms. The van der Waals surface area contributed by atoms with Gasteiger partial charge in [0.1, 0.15) is 5.69 Å². The molecule has 1 N–H and O–H groups in total. The summed E-state index contributed by atoms with van der Waals surface area (Å²) in [5.74, 6) is 0.351. The third kappa shape index (κ3) is 2.83. The molecule has 22 heavy (non-hydrogen) atoms. The van der Waals surface area contributed by atoms with E-state index in [-0.39, 0.29) is 5.69 Å². The Labute approximate surface area is 127 Å². The van der Waals surface area contributed by atoms with Gasteiger partial charge in [0.05, 0.1) is 12.8 Å². The van der Waals surface area contributed by atoms with Crippen LogP contribution >= 0.6 is 0 Å². The molecule has 3 rings (SSSR count). The first-order valence-corrected chi connectivity index (χ1v) is 6.74. The number of nitrogens with one attached hydrogen (secondary N) is 1. The first-order chi connectivity index (χ1) is 10.8. The fraction of sp³-hybridized carbons (Fsp3) is 0.0588. The quantitative estimate of drug-likeness (QED) is 0.592. The van der Waals surface area contributed by atoms with E-state index in [1.54, 1.807) is 30.3 Å². The molecule has 1 aromatic heterocycles. The van der Waals surface area contributed by atoms with E-state index in [2.05, 4.69) is 10.2 Å². The molecular formula is C17H14N2O3. The van der Waals surface area contributed by atoms with Gasteiger partial charge in [-0.3, -0.25) is 5.10 Å². The van der Waals surface area contributed by atoms with Crippen molar-refractivity contribution in [1.29, 1.82) is 0 Å². The average molecular weight is 294 g/mol. The number of para-hydroxylation sites is 2. The first-order valence-electron chi connectivity index (χ1n) is 6.74. The maximum absolute atomic E-state index is 12.2. The monoisotopic (exact) mass is 294 g/mol. The molecule has 0 atom stereocenters. The molecule has 0 aliphatic rings. The Balaban J connectivity index is 1.80. The van der Waals surface area contributed by atoms with Crippen molar-refractivity contribution < 1.29 is 14.3 Å². The highest BCUT2D eigenvalue weighted by Crippen LogP contribution is 2.27. The number of hydrogen-bond acceptors (Lipinski definition) is 4. The van der Waals surface area contributed by atoms with Gasteiger partial charge < -0.3 is 9.47 Å². The number of aromatic amines is 1. The van der Waals surface area contributed by atoms with Gasteiger partial charge >= 0.3 is 5.97 Å². The maximum Gasteiger partial charge on any atom is 0.361 e. The molecule has 110 valence electrons. The summed E-state index contributed by atoms with van der Waals surface area (Å²) >= 11 is 0. The second kappa shape index (κ2) is 6.13. The lowest BCUT2D eigenvalue weighted by molar-refractivity contribution is 0.0723. The second-order valence-corrected chi connectivity index (χ2v) is 4.57. The SMILES string of the molecule is COc1ccccc1OC(=O)c1cc(-c2ccccc2)n[nH]1. The number of hydrogen-bond donors (Lipinski definition) is 1. The van der Waals surface area contributed by atoms with E-state index in [0.29, 0.717) is 17.2 Å². The number of ether oxygens (including phenoxy) is 2. The van der Waals surface area contributed by atoms with Crippen molar-refractivity contribution in [2.24, 2.45) is 0 Å². The first kappa shape index (κ1) is 13.9. The van der Waals surface area contributed by atoms with Gasteiger partial charge in [0.15, 0.2) is 11.5 Å². The summed E-state index contributed by atoms with van der Waals surface area (Å²) in [6, 6.07) is 18.2. The van der Waals surface area contributed by atoms with E-state index < -0.39 is 5.97 Å². The number of nitrogens with zero attached hydrogens (tertiary/aromatic N) is 1. The molecule has 1 heterocycles. The average Bonchev–Trinajstić information content (AvgIpc) is 3.06. The zero-order valence-electron chi connectivity index (χ0n) is 11.9. The van der Waals surface area contributed by atoms with Crippen LogP contribution < -0.4 is 9.47 Å². The summed E-state index contributed by atoms with van der Waals surface area (Å²) in [6.45, 7) is 0. The van der Waals surface area contributed by atoms with Crippen LogP contribution in [0.25, 0.3) is 11.3 Å². The number of carbonyl (C=O) groups excluding carboxylic acids is 1. The van der Waals surface area contributed by atoms with Crippen LogP contribution in [0.2, 0.25) is 0 Å². The molecule has 0 aliphatic carbocycles. The molecule has 0 unspecified atom stereocenters. The van der Waals surface area contributed by atoms with Gasteiger partial charge in [-0.2, -0.15) is 5.10 Å². The third-order valence-electron chi connectivity index (χ3n) is 3.14. The molecule has 0 amide bonds. The molecule has 5 nitrogen and oxygen atoms in total. The highest BCUT2D eigenvalue weighted by Gasteiger charge is 2.15. The van der Waals surface area contributed by atoms with Crippen molar-refractivity contribution in [3.05, 3.63) is 66.4 Å². The van der Waals surface area contributed by atoms with Gasteiger partial charge in [0.2, 0.25) is 0 Å². The molecule has 0 saturated carbocycles. The van der Waals surface area contributed by atoms with Gasteiger partial charge in [0, 0.05) is 5.56 Å². The number of methoxy groups -OCH3 is 1. The topological polar surface area (TPSA) is 64.2 Å². The van der Waals surface area contributed by atoms with Crippen LogP contribution in [0.5, 0.6) is 11.5 Å². The van der Waals surface area contributed by atoms with Crippen LogP contribution in [-0.2, 0) is 0 Å². The van der Waals surface area contributed by atoms with Gasteiger partial charge in [-0.05, 0) is 18.2 Å². The minimum absolute atomic E-state index is 0.282. The molecule has 2 aromatic carbocycles. The lowest BCUT2D eigenvalue weighted by Gasteiger charge is -2.07. The lowest BCUT2D eigenvalue weighted by atomic mass is 10.1. The molecular weight excluding hydrogens is 280 g/mol. The third-order valence-corrected chi connectivity index (χ3v) is 3.14. The Morgan fingerprint density at radius 3 is 2.41 bits per heavy atom. The minimum Gasteiger partial charge on any atom is -0.493 e. The Morgan fingerprint density at radius 1 is 1.00 bits per heavy atom. The van der Waals surface area contributed by atoms with Crippen LogP contribution in [0.3, 0.4) is 0 Å². The molecule has 0 saturated heterocycles. The van der Waals surface area contributed by atoms with Crippen LogP contribution in [0.1, 0.15) is 10.5 Å². The molecule has 3 aromatic rings. The number of aromatic nitrogens is 2. The maximum atomic E-state index is 12.2. The van der Waals surface area contributed by atoms with Gasteiger partial charge in [0.25, 0.3) is 0 Å². The second-order valence-electron chi connectivity index (χ2n) is 4.57. The Morgan fingerprint density at radius 2 is 1.68 bits per heavy atom. The standard InChI is InChI=1S/C17H14N2O3/c1-21-15-9-5-6-10-16(15)22-17(20)14-11-13(18-19-14)12-7-3-2-4-8-12/h2-11H,1H3,(H,18,19). The zero-order valence-corrected chi connectivity index (χ0v) is 11.9. The van der Waals surface area contributed by atoms with Gasteiger partial charge in [-0.1, -0.05) is 42.5 Å². The Bertz CT molecular complexity index is 781. The van der Waals surface area contributed by atoms with Crippen molar-refractivity contribution in [2.45, 2.75) is 0 Å². The molecule has 0 spiro atoms. The van der Waals surface area contributed by atoms with Crippen molar-refractivity contribution in [3.63, 3.8) is 0 Å². The van der Waals surface area contributed by atoms with Crippen LogP contribution in [0.15, 0.2) is 60.7 Å². The summed E-state index contributed by atoms with van der Waals surface area (Å²) in [6.07, 6.45) is 0. The summed E-state index contributed by atoms with van der Waals surface area (Å²) in [4.78, 5) is 12.2. The highest BCUT2D eigenvalue weighted by molar-refractivity contribution is 5.90. The number of esters is 1. The van der Waals surface area contributed by atoms with E-state index in [1.807, 2.05) is 30.3 Å². The fourth-order valence-electron chi connectivity index (χ4n) is 2.04. The molecule has 0 aliphatic heterocycles. The predicted octanol–water partition coefficient (Wildman–Crippen LogP) is 3.30. The smallest absolute Gasteiger partial charge is 0.361 e. The van der Waals surface area contributed by atoms with Crippen molar-refractivity contribution >= 4 is 5.97 Å². The zero-order chi connectivity index (χ0) is 15.4. The molecule has 0 bridgehead atoms. The van der Waals surface area contributed by atoms with E-state index >= 15 is 0 Å². The fourth-order valence-corrected chi connectivity index (χ4v) is 2.04. The predicted molar refractivity (Wildman–Crippen MR) is 82.0 cm³/mol. The Hall–Kier alpha value is -3.08. The van der Waals surface area contributed by atoms with Crippen molar-refractivity contribution in [3.8, 4) is 22.8 Å². The number of benzene rings is 2. The summed E-state index contributed by atoms with van der Waals surface area (Å²) < 4.78 is 10.5. The number of rotatable bonds is 4. The normalized spacial score (nSPS) is 10.2. The van der Waals surface area contributed by atoms with Crippen LogP contribution in [0, 0.1) is 0 Å². The minimum atomic E-state index is -0.515. The molecule has 0 radical (unpaired) electrons. The lowest BCUT2D eigenvalue weighted by Crippen LogP contribution is -2.09. The van der Waals surface area contributed by atoms with Crippen molar-refractivity contribution in [2.75, 3.05) is 7.11 Å². The summed E-state index contributed by atoms with van der Waals surface area (Å²) in [5.41, 5.74) is 1.90. The van der Waals surface area contributed by atoms with E-state index in [9.17, 15) is 4.79 Å². The van der Waals surface area contributed by atoms with E-state index in [0.717, 1.165) is 5.56 Å². The highest BCUT2D eigenvalue weighted by atomic mass is 16.6. The molecule has 0 fully saturated rings.